The van der Waals surface area contributed by atoms with E-state index in [-0.39, 0.29) is 11.4 Å². The fourth-order valence-electron chi connectivity index (χ4n) is 4.01. The normalized spacial score (nSPS) is 16.2. The van der Waals surface area contributed by atoms with Crippen LogP contribution in [-0.4, -0.2) is 5.97 Å². The Morgan fingerprint density at radius 3 is 2.32 bits per heavy atom. The van der Waals surface area contributed by atoms with Gasteiger partial charge in [-0.3, -0.25) is 0 Å². The third-order valence-corrected chi connectivity index (χ3v) is 5.27. The summed E-state index contributed by atoms with van der Waals surface area (Å²) in [5.74, 6) is -0.327. The quantitative estimate of drug-likeness (QED) is 0.529. The van der Waals surface area contributed by atoms with Crippen molar-refractivity contribution >= 4 is 5.97 Å². The molecule has 2 heteroatoms. The van der Waals surface area contributed by atoms with Gasteiger partial charge in [-0.25, -0.2) is 4.79 Å². The molecule has 130 valence electrons. The summed E-state index contributed by atoms with van der Waals surface area (Å²) >= 11 is 0. The zero-order valence-electron chi connectivity index (χ0n) is 15.0. The molecule has 1 aliphatic rings. The third-order valence-electron chi connectivity index (χ3n) is 5.27. The summed E-state index contributed by atoms with van der Waals surface area (Å²) in [4.78, 5) is 11.8. The standard InChI is InChI=1S/C23H26O2/c1-18(2)22(24)25-17-19-11-7-8-14-21(19)23(15-9-4-10-16-23)20-12-5-3-6-13-20/h3,5-8,11-14H,1,4,9-10,15-17H2,2H3. The zero-order valence-corrected chi connectivity index (χ0v) is 15.0. The lowest BCUT2D eigenvalue weighted by molar-refractivity contribution is -0.140. The molecule has 0 aliphatic heterocycles. The fourth-order valence-corrected chi connectivity index (χ4v) is 4.01. The van der Waals surface area contributed by atoms with Crippen LogP contribution in [-0.2, 0) is 21.6 Å². The van der Waals surface area contributed by atoms with Crippen molar-refractivity contribution in [3.05, 3.63) is 83.4 Å². The van der Waals surface area contributed by atoms with Crippen molar-refractivity contribution in [2.24, 2.45) is 0 Å². The van der Waals surface area contributed by atoms with Crippen molar-refractivity contribution < 1.29 is 9.53 Å². The van der Waals surface area contributed by atoms with Gasteiger partial charge in [-0.15, -0.1) is 0 Å². The SMILES string of the molecule is C=C(C)C(=O)OCc1ccccc1C1(c2ccccc2)CCCCC1. The molecule has 1 fully saturated rings. The topological polar surface area (TPSA) is 26.3 Å². The van der Waals surface area contributed by atoms with Crippen LogP contribution in [0.5, 0.6) is 0 Å². The van der Waals surface area contributed by atoms with Crippen molar-refractivity contribution in [2.45, 2.75) is 51.0 Å². The first-order valence-electron chi connectivity index (χ1n) is 9.10. The number of carbonyl (C=O) groups is 1. The number of carbonyl (C=O) groups excluding carboxylic acids is 1. The molecule has 3 rings (SSSR count). The Kier molecular flexibility index (Phi) is 5.37. The molecule has 0 unspecified atom stereocenters. The molecule has 25 heavy (non-hydrogen) atoms. The van der Waals surface area contributed by atoms with Gasteiger partial charge >= 0.3 is 5.97 Å². The van der Waals surface area contributed by atoms with E-state index in [1.165, 1.54) is 30.4 Å². The lowest BCUT2D eigenvalue weighted by Gasteiger charge is -2.40. The average molecular weight is 334 g/mol. The lowest BCUT2D eigenvalue weighted by atomic mass is 9.64. The predicted molar refractivity (Wildman–Crippen MR) is 101 cm³/mol. The van der Waals surface area contributed by atoms with Crippen LogP contribution in [0.25, 0.3) is 0 Å². The Morgan fingerprint density at radius 1 is 1.00 bits per heavy atom. The summed E-state index contributed by atoms with van der Waals surface area (Å²) in [6.45, 7) is 5.65. The minimum atomic E-state index is -0.327. The van der Waals surface area contributed by atoms with Crippen LogP contribution in [0.1, 0.15) is 55.7 Å². The maximum absolute atomic E-state index is 11.8. The largest absolute Gasteiger partial charge is 0.457 e. The highest BCUT2D eigenvalue weighted by molar-refractivity contribution is 5.86. The molecule has 1 saturated carbocycles. The molecular weight excluding hydrogens is 308 g/mol. The van der Waals surface area contributed by atoms with Gasteiger partial charge in [0.15, 0.2) is 0 Å². The van der Waals surface area contributed by atoms with E-state index in [1.807, 2.05) is 6.07 Å². The van der Waals surface area contributed by atoms with E-state index in [4.69, 9.17) is 4.74 Å². The number of benzene rings is 2. The van der Waals surface area contributed by atoms with E-state index < -0.39 is 0 Å². The average Bonchev–Trinajstić information content (AvgIpc) is 2.67. The first-order chi connectivity index (χ1) is 12.1. The van der Waals surface area contributed by atoms with Crippen molar-refractivity contribution in [3.8, 4) is 0 Å². The minimum absolute atomic E-state index is 0.0196. The van der Waals surface area contributed by atoms with Crippen molar-refractivity contribution in [1.82, 2.24) is 0 Å². The van der Waals surface area contributed by atoms with Gasteiger partial charge in [0.1, 0.15) is 6.61 Å². The van der Waals surface area contributed by atoms with Gasteiger partial charge in [-0.1, -0.05) is 80.4 Å². The van der Waals surface area contributed by atoms with Crippen LogP contribution < -0.4 is 0 Å². The maximum Gasteiger partial charge on any atom is 0.333 e. The van der Waals surface area contributed by atoms with Gasteiger partial charge in [0.05, 0.1) is 0 Å². The van der Waals surface area contributed by atoms with Crippen molar-refractivity contribution in [3.63, 3.8) is 0 Å². The van der Waals surface area contributed by atoms with E-state index in [9.17, 15) is 4.79 Å². The smallest absolute Gasteiger partial charge is 0.333 e. The van der Waals surface area contributed by atoms with Crippen LogP contribution in [0.4, 0.5) is 0 Å². The second-order valence-electron chi connectivity index (χ2n) is 7.02. The molecule has 1 aliphatic carbocycles. The highest BCUT2D eigenvalue weighted by atomic mass is 16.5. The Labute approximate surface area is 150 Å². The van der Waals surface area contributed by atoms with Crippen LogP contribution >= 0.6 is 0 Å². The first-order valence-corrected chi connectivity index (χ1v) is 9.10. The zero-order chi connectivity index (χ0) is 17.7. The van der Waals surface area contributed by atoms with E-state index in [0.29, 0.717) is 12.2 Å². The van der Waals surface area contributed by atoms with Gasteiger partial charge < -0.3 is 4.74 Å². The Hall–Kier alpha value is -2.35. The Morgan fingerprint density at radius 2 is 1.64 bits per heavy atom. The second-order valence-corrected chi connectivity index (χ2v) is 7.02. The lowest BCUT2D eigenvalue weighted by Crippen LogP contribution is -2.31. The molecule has 0 aromatic heterocycles. The molecule has 0 amide bonds. The summed E-state index contributed by atoms with van der Waals surface area (Å²) in [6.07, 6.45) is 6.04. The molecule has 2 nitrogen and oxygen atoms in total. The number of hydrogen-bond donors (Lipinski definition) is 0. The van der Waals surface area contributed by atoms with Crippen LogP contribution in [0.15, 0.2) is 66.7 Å². The van der Waals surface area contributed by atoms with E-state index >= 15 is 0 Å². The Bertz CT molecular complexity index is 740. The molecule has 2 aromatic carbocycles. The van der Waals surface area contributed by atoms with Gasteiger partial charge in [-0.2, -0.15) is 0 Å². The summed E-state index contributed by atoms with van der Waals surface area (Å²) in [5.41, 5.74) is 4.23. The molecule has 0 saturated heterocycles. The summed E-state index contributed by atoms with van der Waals surface area (Å²) in [5, 5.41) is 0. The van der Waals surface area contributed by atoms with Gasteiger partial charge in [-0.05, 0) is 36.5 Å². The molecule has 0 bridgehead atoms. The monoisotopic (exact) mass is 334 g/mol. The van der Waals surface area contributed by atoms with Crippen LogP contribution in [0, 0.1) is 0 Å². The van der Waals surface area contributed by atoms with Crippen molar-refractivity contribution in [2.75, 3.05) is 0 Å². The third kappa shape index (κ3) is 3.68. The summed E-state index contributed by atoms with van der Waals surface area (Å²) < 4.78 is 5.46. The fraction of sp³-hybridized carbons (Fsp3) is 0.348. The summed E-state index contributed by atoms with van der Waals surface area (Å²) in [7, 11) is 0. The van der Waals surface area contributed by atoms with Crippen LogP contribution in [0.3, 0.4) is 0 Å². The molecule has 0 spiro atoms. The molecular formula is C23H26O2. The number of esters is 1. The van der Waals surface area contributed by atoms with Gasteiger partial charge in [0.2, 0.25) is 0 Å². The van der Waals surface area contributed by atoms with E-state index in [0.717, 1.165) is 18.4 Å². The highest BCUT2D eigenvalue weighted by Crippen LogP contribution is 2.46. The van der Waals surface area contributed by atoms with E-state index in [1.54, 1.807) is 6.92 Å². The number of hydrogen-bond acceptors (Lipinski definition) is 2. The molecule has 0 heterocycles. The Balaban J connectivity index is 1.99. The van der Waals surface area contributed by atoms with Gasteiger partial charge in [0.25, 0.3) is 0 Å². The predicted octanol–water partition coefficient (Wildman–Crippen LogP) is 5.56. The highest BCUT2D eigenvalue weighted by Gasteiger charge is 2.37. The number of rotatable bonds is 5. The molecule has 0 radical (unpaired) electrons. The molecule has 2 aromatic rings. The maximum atomic E-state index is 11.8. The van der Waals surface area contributed by atoms with Gasteiger partial charge in [0, 0.05) is 11.0 Å². The minimum Gasteiger partial charge on any atom is -0.457 e. The van der Waals surface area contributed by atoms with E-state index in [2.05, 4.69) is 55.1 Å². The van der Waals surface area contributed by atoms with Crippen molar-refractivity contribution in [1.29, 1.82) is 0 Å². The molecule has 0 N–H and O–H groups in total. The molecule has 0 atom stereocenters. The number of ether oxygens (including phenoxy) is 1. The first kappa shape index (κ1) is 17.5. The second kappa shape index (κ2) is 7.69. The van der Waals surface area contributed by atoms with Crippen LogP contribution in [0.2, 0.25) is 0 Å². The summed E-state index contributed by atoms with van der Waals surface area (Å²) in [6, 6.07) is 19.2.